The number of hydrogen-bond donors (Lipinski definition) is 3. The summed E-state index contributed by atoms with van der Waals surface area (Å²) >= 11 is 0. The van der Waals surface area contributed by atoms with Crippen LogP contribution in [0.1, 0.15) is 12.1 Å². The lowest BCUT2D eigenvalue weighted by Gasteiger charge is -2.07. The molecule has 0 saturated carbocycles. The van der Waals surface area contributed by atoms with Gasteiger partial charge in [0.1, 0.15) is 12.1 Å². The number of nitrogens with zero attached hydrogens (tertiary/aromatic N) is 3. The summed E-state index contributed by atoms with van der Waals surface area (Å²) in [6.45, 7) is 0. The Morgan fingerprint density at radius 3 is 2.77 bits per heavy atom. The molecule has 4 aromatic rings. The van der Waals surface area contributed by atoms with Gasteiger partial charge in [-0.15, -0.1) is 0 Å². The number of H-pyrrole nitrogens is 2. The van der Waals surface area contributed by atoms with Crippen molar-refractivity contribution in [3.63, 3.8) is 0 Å². The highest BCUT2D eigenvalue weighted by Gasteiger charge is 2.15. The normalized spacial score (nSPS) is 13.6. The van der Waals surface area contributed by atoms with E-state index in [9.17, 15) is 9.18 Å². The van der Waals surface area contributed by atoms with Crippen molar-refractivity contribution in [2.45, 2.75) is 6.42 Å². The Labute approximate surface area is 176 Å². The predicted molar refractivity (Wildman–Crippen MR) is 116 cm³/mol. The zero-order chi connectivity index (χ0) is 21.2. The van der Waals surface area contributed by atoms with Crippen molar-refractivity contribution in [2.24, 2.45) is 0 Å². The van der Waals surface area contributed by atoms with Gasteiger partial charge in [-0.3, -0.25) is 15.0 Å². The second-order valence-corrected chi connectivity index (χ2v) is 7.02. The molecule has 0 aliphatic heterocycles. The van der Waals surface area contributed by atoms with Gasteiger partial charge in [-0.1, -0.05) is 18.2 Å². The smallest absolute Gasteiger partial charge is 0.255 e. The summed E-state index contributed by atoms with van der Waals surface area (Å²) in [6, 6.07) is 11.5. The Hall–Kier alpha value is -4.33. The van der Waals surface area contributed by atoms with Gasteiger partial charge < -0.3 is 5.32 Å². The van der Waals surface area contributed by atoms with Crippen LogP contribution in [0.4, 0.5) is 10.1 Å². The van der Waals surface area contributed by atoms with Gasteiger partial charge in [-0.2, -0.15) is 10.2 Å². The minimum atomic E-state index is -0.355. The fourth-order valence-electron chi connectivity index (χ4n) is 3.43. The van der Waals surface area contributed by atoms with E-state index in [4.69, 9.17) is 0 Å². The van der Waals surface area contributed by atoms with Crippen molar-refractivity contribution in [1.82, 2.24) is 25.4 Å². The Balaban J connectivity index is 1.48. The second-order valence-electron chi connectivity index (χ2n) is 7.02. The highest BCUT2D eigenvalue weighted by molar-refractivity contribution is 6.08. The number of nitrogens with one attached hydrogen (secondary N) is 3. The van der Waals surface area contributed by atoms with Gasteiger partial charge in [0.2, 0.25) is 0 Å². The van der Waals surface area contributed by atoms with Gasteiger partial charge in [0.25, 0.3) is 5.91 Å². The molecule has 5 rings (SSSR count). The van der Waals surface area contributed by atoms with Crippen LogP contribution in [0.2, 0.25) is 0 Å². The van der Waals surface area contributed by atoms with Crippen molar-refractivity contribution >= 4 is 28.1 Å². The summed E-state index contributed by atoms with van der Waals surface area (Å²) in [5, 5.41) is 18.0. The third-order valence-corrected chi connectivity index (χ3v) is 4.97. The lowest BCUT2D eigenvalue weighted by Crippen LogP contribution is -2.13. The van der Waals surface area contributed by atoms with Crippen molar-refractivity contribution in [2.75, 3.05) is 5.32 Å². The van der Waals surface area contributed by atoms with Gasteiger partial charge in [0.15, 0.2) is 5.82 Å². The average Bonchev–Trinajstić information content (AvgIpc) is 3.40. The molecule has 31 heavy (non-hydrogen) atoms. The maximum Gasteiger partial charge on any atom is 0.255 e. The topological polar surface area (TPSA) is 99.3 Å². The Morgan fingerprint density at radius 1 is 1.10 bits per heavy atom. The second kappa shape index (κ2) is 7.83. The quantitative estimate of drug-likeness (QED) is 0.463. The van der Waals surface area contributed by atoms with E-state index in [2.05, 4.69) is 30.7 Å². The largest absolute Gasteiger partial charge is 0.322 e. The molecule has 8 heteroatoms. The number of halogens is 1. The third kappa shape index (κ3) is 3.78. The van der Waals surface area contributed by atoms with Crippen LogP contribution in [-0.4, -0.2) is 31.3 Å². The Kier molecular flexibility index (Phi) is 4.72. The maximum atomic E-state index is 13.1. The molecule has 7 nitrogen and oxygen atoms in total. The van der Waals surface area contributed by atoms with Crippen LogP contribution >= 0.6 is 0 Å². The first-order chi connectivity index (χ1) is 15.2. The number of fused-ring (bicyclic) bond motifs is 1. The van der Waals surface area contributed by atoms with Crippen molar-refractivity contribution in [1.29, 1.82) is 0 Å². The minimum Gasteiger partial charge on any atom is -0.322 e. The minimum absolute atomic E-state index is 0.280. The first kappa shape index (κ1) is 18.7. The zero-order valence-electron chi connectivity index (χ0n) is 16.3. The monoisotopic (exact) mass is 412 g/mol. The molecule has 1 aliphatic rings. The number of anilines is 1. The Morgan fingerprint density at radius 2 is 1.97 bits per heavy atom. The zero-order valence-corrected chi connectivity index (χ0v) is 16.3. The van der Waals surface area contributed by atoms with E-state index in [0.717, 1.165) is 27.7 Å². The van der Waals surface area contributed by atoms with E-state index in [-0.39, 0.29) is 11.7 Å². The van der Waals surface area contributed by atoms with Gasteiger partial charge in [-0.25, -0.2) is 9.37 Å². The number of aromatic nitrogens is 5. The molecule has 1 aliphatic carbocycles. The van der Waals surface area contributed by atoms with Gasteiger partial charge in [0.05, 0.1) is 11.2 Å². The summed E-state index contributed by atoms with van der Waals surface area (Å²) in [5.41, 5.74) is 4.34. The van der Waals surface area contributed by atoms with Gasteiger partial charge >= 0.3 is 0 Å². The molecule has 3 N–H and O–H groups in total. The first-order valence-electron chi connectivity index (χ1n) is 9.67. The summed E-state index contributed by atoms with van der Waals surface area (Å²) in [5.74, 6) is 0.0326. The number of aromatic amines is 2. The summed E-state index contributed by atoms with van der Waals surface area (Å²) in [4.78, 5) is 17.0. The molecule has 0 bridgehead atoms. The third-order valence-electron chi connectivity index (χ3n) is 4.97. The molecule has 0 unspecified atom stereocenters. The number of rotatable bonds is 4. The molecule has 0 spiro atoms. The van der Waals surface area contributed by atoms with E-state index >= 15 is 0 Å². The maximum absolute atomic E-state index is 13.1. The van der Waals surface area contributed by atoms with Crippen LogP contribution < -0.4 is 5.32 Å². The molecule has 2 aromatic heterocycles. The standard InChI is InChI=1S/C23H17FN6O/c24-17-6-8-18(9-7-17)27-23(31)16-4-2-1-3-14(11-16)21-19-12-15(22-25-13-26-30-22)5-10-20(19)28-29-21/h2-13H,1H2,(H,27,31)(H,28,29)(H,25,26,30). The predicted octanol–water partition coefficient (Wildman–Crippen LogP) is 4.40. The van der Waals surface area contributed by atoms with Crippen molar-refractivity contribution < 1.29 is 9.18 Å². The molecule has 2 aromatic carbocycles. The molecular formula is C23H17FN6O. The highest BCUT2D eigenvalue weighted by Crippen LogP contribution is 2.29. The lowest BCUT2D eigenvalue weighted by atomic mass is 10.0. The lowest BCUT2D eigenvalue weighted by molar-refractivity contribution is -0.112. The summed E-state index contributed by atoms with van der Waals surface area (Å²) in [7, 11) is 0. The van der Waals surface area contributed by atoms with E-state index < -0.39 is 0 Å². The fraction of sp³-hybridized carbons (Fsp3) is 0.0435. The average molecular weight is 412 g/mol. The fourth-order valence-corrected chi connectivity index (χ4v) is 3.43. The molecule has 0 radical (unpaired) electrons. The number of benzene rings is 2. The van der Waals surface area contributed by atoms with Gasteiger partial charge in [0, 0.05) is 22.2 Å². The summed E-state index contributed by atoms with van der Waals surface area (Å²) < 4.78 is 13.1. The number of carbonyl (C=O) groups excluding carboxylic acids is 1. The van der Waals surface area contributed by atoms with Crippen LogP contribution in [-0.2, 0) is 4.79 Å². The number of carbonyl (C=O) groups is 1. The van der Waals surface area contributed by atoms with Crippen molar-refractivity contribution in [3.8, 4) is 11.4 Å². The van der Waals surface area contributed by atoms with Crippen molar-refractivity contribution in [3.05, 3.63) is 90.2 Å². The van der Waals surface area contributed by atoms with Crippen LogP contribution in [0.15, 0.2) is 78.7 Å². The van der Waals surface area contributed by atoms with Crippen LogP contribution in [0.25, 0.3) is 27.9 Å². The molecule has 0 atom stereocenters. The molecule has 2 heterocycles. The molecule has 1 amide bonds. The molecular weight excluding hydrogens is 395 g/mol. The Bertz CT molecular complexity index is 1350. The van der Waals surface area contributed by atoms with E-state index in [1.54, 1.807) is 12.2 Å². The van der Waals surface area contributed by atoms with Crippen LogP contribution in [0, 0.1) is 5.82 Å². The SMILES string of the molecule is O=C(Nc1ccc(F)cc1)C1=CC(c2n[nH]c3ccc(-c4ncn[nH]4)cc23)=CCC=C1. The van der Waals surface area contributed by atoms with E-state index in [1.165, 1.54) is 30.6 Å². The molecule has 0 saturated heterocycles. The van der Waals surface area contributed by atoms with E-state index in [0.29, 0.717) is 23.5 Å². The number of hydrogen-bond acceptors (Lipinski definition) is 4. The van der Waals surface area contributed by atoms with Crippen LogP contribution in [0.5, 0.6) is 0 Å². The first-order valence-corrected chi connectivity index (χ1v) is 9.67. The van der Waals surface area contributed by atoms with Gasteiger partial charge in [-0.05, 0) is 60.5 Å². The molecule has 0 fully saturated rings. The number of allylic oxidation sites excluding steroid dienone is 4. The number of amides is 1. The highest BCUT2D eigenvalue weighted by atomic mass is 19.1. The van der Waals surface area contributed by atoms with Crippen LogP contribution in [0.3, 0.4) is 0 Å². The summed E-state index contributed by atoms with van der Waals surface area (Å²) in [6.07, 6.45) is 9.64. The molecule has 152 valence electrons. The van der Waals surface area contributed by atoms with E-state index in [1.807, 2.05) is 30.4 Å².